The zero-order valence-electron chi connectivity index (χ0n) is 16.5. The largest absolute Gasteiger partial charge is 0.489 e. The summed E-state index contributed by atoms with van der Waals surface area (Å²) in [5.41, 5.74) is 2.06. The highest BCUT2D eigenvalue weighted by Gasteiger charge is 2.15. The summed E-state index contributed by atoms with van der Waals surface area (Å²) in [5.74, 6) is -0.478. The molecule has 2 heterocycles. The number of nitrogens with one attached hydrogen (secondary N) is 1. The molecule has 1 N–H and O–H groups in total. The van der Waals surface area contributed by atoms with Crippen molar-refractivity contribution in [2.45, 2.75) is 13.2 Å². The van der Waals surface area contributed by atoms with E-state index in [0.29, 0.717) is 26.4 Å². The van der Waals surface area contributed by atoms with Crippen LogP contribution in [0.4, 0.5) is 4.39 Å². The number of ether oxygens (including phenoxy) is 1. The number of hydrogen-bond acceptors (Lipinski definition) is 5. The van der Waals surface area contributed by atoms with Crippen molar-refractivity contribution in [1.82, 2.24) is 15.3 Å². The molecular formula is C23H16Cl2FN3O2S. The molecule has 0 unspecified atom stereocenters. The van der Waals surface area contributed by atoms with E-state index in [1.54, 1.807) is 48.0 Å². The van der Waals surface area contributed by atoms with Gasteiger partial charge in [-0.2, -0.15) is 0 Å². The van der Waals surface area contributed by atoms with Gasteiger partial charge >= 0.3 is 0 Å². The number of rotatable bonds is 7. The van der Waals surface area contributed by atoms with Gasteiger partial charge < -0.3 is 10.1 Å². The lowest BCUT2D eigenvalue weighted by Gasteiger charge is -2.08. The van der Waals surface area contributed by atoms with Crippen LogP contribution < -0.4 is 10.1 Å². The van der Waals surface area contributed by atoms with Gasteiger partial charge in [-0.25, -0.2) is 9.37 Å². The smallest absolute Gasteiger partial charge is 0.271 e. The Bertz CT molecular complexity index is 1250. The summed E-state index contributed by atoms with van der Waals surface area (Å²) in [6.07, 6.45) is 1.66. The molecule has 4 rings (SSSR count). The summed E-state index contributed by atoms with van der Waals surface area (Å²) in [6, 6.07) is 15.1. The van der Waals surface area contributed by atoms with Gasteiger partial charge in [-0.05, 0) is 42.0 Å². The van der Waals surface area contributed by atoms with Crippen LogP contribution in [-0.2, 0) is 13.2 Å². The molecule has 0 radical (unpaired) electrons. The molecular weight excluding hydrogens is 472 g/mol. The Morgan fingerprint density at radius 1 is 1.09 bits per heavy atom. The molecule has 0 spiro atoms. The average molecular weight is 488 g/mol. The SMILES string of the molecule is O=C(NCc1ccccn1)c1csc(-c2ccc(OCc3ccc(Cl)c(Cl)c3)cc2F)n1. The fraction of sp³-hybridized carbons (Fsp3) is 0.0870. The molecule has 0 saturated carbocycles. The maximum absolute atomic E-state index is 14.7. The lowest BCUT2D eigenvalue weighted by atomic mass is 10.2. The Morgan fingerprint density at radius 3 is 2.72 bits per heavy atom. The molecule has 4 aromatic rings. The van der Waals surface area contributed by atoms with Gasteiger partial charge in [0.1, 0.15) is 28.9 Å². The van der Waals surface area contributed by atoms with Gasteiger partial charge in [0, 0.05) is 23.2 Å². The number of carbonyl (C=O) groups excluding carboxylic acids is 1. The number of hydrogen-bond donors (Lipinski definition) is 1. The van der Waals surface area contributed by atoms with Crippen LogP contribution in [0.2, 0.25) is 10.0 Å². The second-order valence-corrected chi connectivity index (χ2v) is 8.39. The van der Waals surface area contributed by atoms with Crippen molar-refractivity contribution in [1.29, 1.82) is 0 Å². The zero-order chi connectivity index (χ0) is 22.5. The van der Waals surface area contributed by atoms with E-state index in [1.807, 2.05) is 12.1 Å². The first kappa shape index (κ1) is 22.2. The van der Waals surface area contributed by atoms with Crippen molar-refractivity contribution in [2.75, 3.05) is 0 Å². The topological polar surface area (TPSA) is 64.1 Å². The number of benzene rings is 2. The number of amides is 1. The summed E-state index contributed by atoms with van der Waals surface area (Å²) in [4.78, 5) is 20.8. The standard InChI is InChI=1S/C23H16Cl2FN3O2S/c24-18-7-4-14(9-19(18)25)12-31-16-5-6-17(20(26)10-16)23-29-21(13-32-23)22(30)28-11-15-3-1-2-8-27-15/h1-10,13H,11-12H2,(H,28,30). The Morgan fingerprint density at radius 2 is 1.97 bits per heavy atom. The van der Waals surface area contributed by atoms with E-state index in [0.717, 1.165) is 11.3 Å². The predicted molar refractivity (Wildman–Crippen MR) is 124 cm³/mol. The molecule has 0 bridgehead atoms. The van der Waals surface area contributed by atoms with Crippen LogP contribution in [0.5, 0.6) is 5.75 Å². The first-order valence-corrected chi connectivity index (χ1v) is 11.1. The van der Waals surface area contributed by atoms with Crippen LogP contribution in [0.1, 0.15) is 21.7 Å². The molecule has 0 atom stereocenters. The minimum Gasteiger partial charge on any atom is -0.489 e. The minimum atomic E-state index is -0.494. The monoisotopic (exact) mass is 487 g/mol. The molecule has 32 heavy (non-hydrogen) atoms. The van der Waals surface area contributed by atoms with Crippen molar-refractivity contribution < 1.29 is 13.9 Å². The Kier molecular flexibility index (Phi) is 6.99. The average Bonchev–Trinajstić information content (AvgIpc) is 3.29. The van der Waals surface area contributed by atoms with E-state index >= 15 is 0 Å². The maximum Gasteiger partial charge on any atom is 0.271 e. The minimum absolute atomic E-state index is 0.216. The molecule has 0 fully saturated rings. The number of aromatic nitrogens is 2. The second-order valence-electron chi connectivity index (χ2n) is 6.72. The molecule has 9 heteroatoms. The predicted octanol–water partition coefficient (Wildman–Crippen LogP) is 6.16. The van der Waals surface area contributed by atoms with Crippen LogP contribution >= 0.6 is 34.5 Å². The number of pyridine rings is 1. The van der Waals surface area contributed by atoms with E-state index in [-0.39, 0.29) is 24.8 Å². The molecule has 0 aliphatic carbocycles. The van der Waals surface area contributed by atoms with Crippen molar-refractivity contribution >= 4 is 40.4 Å². The number of halogens is 3. The van der Waals surface area contributed by atoms with Gasteiger partial charge in [0.25, 0.3) is 5.91 Å². The summed E-state index contributed by atoms with van der Waals surface area (Å²) < 4.78 is 20.3. The molecule has 2 aromatic heterocycles. The van der Waals surface area contributed by atoms with Crippen molar-refractivity contribution in [3.8, 4) is 16.3 Å². The molecule has 162 valence electrons. The van der Waals surface area contributed by atoms with Crippen molar-refractivity contribution in [2.24, 2.45) is 0 Å². The molecule has 0 aliphatic heterocycles. The molecule has 5 nitrogen and oxygen atoms in total. The fourth-order valence-electron chi connectivity index (χ4n) is 2.82. The van der Waals surface area contributed by atoms with Crippen LogP contribution in [0.25, 0.3) is 10.6 Å². The lowest BCUT2D eigenvalue weighted by Crippen LogP contribution is -2.23. The Labute approximate surface area is 197 Å². The normalized spacial score (nSPS) is 10.7. The maximum atomic E-state index is 14.7. The fourth-order valence-corrected chi connectivity index (χ4v) is 3.97. The van der Waals surface area contributed by atoms with Crippen molar-refractivity contribution in [3.63, 3.8) is 0 Å². The van der Waals surface area contributed by atoms with E-state index in [1.165, 1.54) is 17.4 Å². The van der Waals surface area contributed by atoms with Gasteiger partial charge in [-0.3, -0.25) is 9.78 Å². The third-order valence-electron chi connectivity index (χ3n) is 4.45. The second kappa shape index (κ2) is 10.1. The molecule has 1 amide bonds. The van der Waals surface area contributed by atoms with Gasteiger partial charge in [0.15, 0.2) is 0 Å². The van der Waals surface area contributed by atoms with Gasteiger partial charge in [0.2, 0.25) is 0 Å². The third kappa shape index (κ3) is 5.43. The zero-order valence-corrected chi connectivity index (χ0v) is 18.8. The van der Waals surface area contributed by atoms with Crippen LogP contribution in [0.3, 0.4) is 0 Å². The Balaban J connectivity index is 1.40. The van der Waals surface area contributed by atoms with E-state index in [4.69, 9.17) is 27.9 Å². The lowest BCUT2D eigenvalue weighted by molar-refractivity contribution is 0.0946. The van der Waals surface area contributed by atoms with E-state index in [2.05, 4.69) is 15.3 Å². The molecule has 2 aromatic carbocycles. The molecule has 0 aliphatic rings. The van der Waals surface area contributed by atoms with E-state index in [9.17, 15) is 9.18 Å². The first-order chi connectivity index (χ1) is 15.5. The number of thiazole rings is 1. The van der Waals surface area contributed by atoms with Crippen molar-refractivity contribution in [3.05, 3.63) is 99.0 Å². The summed E-state index contributed by atoms with van der Waals surface area (Å²) in [6.45, 7) is 0.499. The highest BCUT2D eigenvalue weighted by atomic mass is 35.5. The van der Waals surface area contributed by atoms with Crippen LogP contribution in [0.15, 0.2) is 66.2 Å². The summed E-state index contributed by atoms with van der Waals surface area (Å²) >= 11 is 13.1. The summed E-state index contributed by atoms with van der Waals surface area (Å²) in [7, 11) is 0. The number of carbonyl (C=O) groups is 1. The first-order valence-electron chi connectivity index (χ1n) is 9.50. The third-order valence-corrected chi connectivity index (χ3v) is 6.07. The quantitative estimate of drug-likeness (QED) is 0.339. The van der Waals surface area contributed by atoms with Crippen LogP contribution in [0, 0.1) is 5.82 Å². The Hall–Kier alpha value is -3.00. The molecule has 0 saturated heterocycles. The summed E-state index contributed by atoms with van der Waals surface area (Å²) in [5, 5.41) is 5.64. The highest BCUT2D eigenvalue weighted by molar-refractivity contribution is 7.13. The van der Waals surface area contributed by atoms with Gasteiger partial charge in [0.05, 0.1) is 22.3 Å². The van der Waals surface area contributed by atoms with Crippen LogP contribution in [-0.4, -0.2) is 15.9 Å². The van der Waals surface area contributed by atoms with Gasteiger partial charge in [-0.15, -0.1) is 11.3 Å². The number of nitrogens with zero attached hydrogens (tertiary/aromatic N) is 2. The highest BCUT2D eigenvalue weighted by Crippen LogP contribution is 2.30. The van der Waals surface area contributed by atoms with E-state index < -0.39 is 5.82 Å². The van der Waals surface area contributed by atoms with Gasteiger partial charge in [-0.1, -0.05) is 35.3 Å².